The highest BCUT2D eigenvalue weighted by atomic mass is 19.2. The number of hydrogen-bond acceptors (Lipinski definition) is 5. The van der Waals surface area contributed by atoms with E-state index in [9.17, 15) is 18.4 Å². The molecule has 3 rings (SSSR count). The zero-order chi connectivity index (χ0) is 26.8. The topological polar surface area (TPSA) is 109 Å². The van der Waals surface area contributed by atoms with Crippen LogP contribution in [0.4, 0.5) is 24.2 Å². The Morgan fingerprint density at radius 3 is 2.62 bits per heavy atom. The van der Waals surface area contributed by atoms with Crippen LogP contribution < -0.4 is 10.6 Å². The van der Waals surface area contributed by atoms with Crippen LogP contribution in [0, 0.1) is 11.6 Å². The maximum atomic E-state index is 13.9. The van der Waals surface area contributed by atoms with Crippen LogP contribution in [0.3, 0.4) is 0 Å². The van der Waals surface area contributed by atoms with Gasteiger partial charge in [0.25, 0.3) is 0 Å². The van der Waals surface area contributed by atoms with Crippen LogP contribution in [-0.2, 0) is 18.3 Å². The molecule has 1 heterocycles. The van der Waals surface area contributed by atoms with Crippen molar-refractivity contribution in [2.75, 3.05) is 25.6 Å². The number of nitrogens with one attached hydrogen (secondary N) is 2. The largest absolute Gasteiger partial charge is 0.447 e. The molecule has 0 radical (unpaired) electrons. The quantitative estimate of drug-likeness (QED) is 0.330. The van der Waals surface area contributed by atoms with Crippen LogP contribution in [-0.4, -0.2) is 58.2 Å². The number of urea groups is 1. The van der Waals surface area contributed by atoms with E-state index in [1.807, 2.05) is 30.3 Å². The number of carbonyl (C=O) groups excluding carboxylic acids is 2. The van der Waals surface area contributed by atoms with Gasteiger partial charge in [0.2, 0.25) is 0 Å². The molecule has 2 aromatic carbocycles. The fraction of sp³-hybridized carbons (Fsp3) is 0.346. The number of aliphatic hydroxyl groups excluding tert-OH is 1. The van der Waals surface area contributed by atoms with Crippen molar-refractivity contribution < 1.29 is 28.2 Å². The molecule has 0 aliphatic rings. The molecule has 0 bridgehead atoms. The standard InChI is InChI=1S/C26H31F2N5O4/c1-32(25(35)29-16-19-11-8-13-21(27)24(19)28)20(12-6-7-14-34)17-37-26(36)30-23-15-22(31-33(23)2)18-9-4-3-5-10-18/h3-5,8-11,13,15,20,34H,6-7,12,14,16-17H2,1-2H3,(H,29,35)(H,30,36)/t20-/m0/s1. The lowest BCUT2D eigenvalue weighted by Gasteiger charge is -2.28. The van der Waals surface area contributed by atoms with Gasteiger partial charge in [-0.15, -0.1) is 0 Å². The van der Waals surface area contributed by atoms with E-state index in [0.29, 0.717) is 30.8 Å². The van der Waals surface area contributed by atoms with E-state index in [-0.39, 0.29) is 25.3 Å². The first kappa shape index (κ1) is 27.6. The van der Waals surface area contributed by atoms with Crippen molar-refractivity contribution in [3.63, 3.8) is 0 Å². The number of likely N-dealkylation sites (N-methyl/N-ethyl adjacent to an activating group) is 1. The second-order valence-electron chi connectivity index (χ2n) is 8.48. The van der Waals surface area contributed by atoms with Crippen molar-refractivity contribution in [3.05, 3.63) is 71.8 Å². The van der Waals surface area contributed by atoms with Crippen LogP contribution in [0.15, 0.2) is 54.6 Å². The molecule has 0 fully saturated rings. The van der Waals surface area contributed by atoms with Crippen molar-refractivity contribution >= 4 is 17.9 Å². The third-order valence-electron chi connectivity index (χ3n) is 5.86. The highest BCUT2D eigenvalue weighted by Gasteiger charge is 2.22. The van der Waals surface area contributed by atoms with Crippen molar-refractivity contribution in [1.82, 2.24) is 20.0 Å². The minimum Gasteiger partial charge on any atom is -0.447 e. The van der Waals surface area contributed by atoms with Gasteiger partial charge in [0.15, 0.2) is 11.6 Å². The zero-order valence-corrected chi connectivity index (χ0v) is 20.8. The summed E-state index contributed by atoms with van der Waals surface area (Å²) in [6, 6.07) is 13.9. The van der Waals surface area contributed by atoms with E-state index in [4.69, 9.17) is 9.84 Å². The van der Waals surface area contributed by atoms with Gasteiger partial charge in [0.1, 0.15) is 12.4 Å². The summed E-state index contributed by atoms with van der Waals surface area (Å²) < 4.78 is 34.2. The Bertz CT molecular complexity index is 1190. The monoisotopic (exact) mass is 515 g/mol. The predicted octanol–water partition coefficient (Wildman–Crippen LogP) is 4.29. The molecule has 0 unspecified atom stereocenters. The molecule has 37 heavy (non-hydrogen) atoms. The number of ether oxygens (including phenoxy) is 1. The number of carbonyl (C=O) groups is 2. The lowest BCUT2D eigenvalue weighted by atomic mass is 10.1. The molecule has 0 aliphatic carbocycles. The van der Waals surface area contributed by atoms with E-state index in [1.54, 1.807) is 13.1 Å². The van der Waals surface area contributed by atoms with E-state index in [0.717, 1.165) is 11.6 Å². The zero-order valence-electron chi connectivity index (χ0n) is 20.8. The van der Waals surface area contributed by atoms with Crippen LogP contribution in [0.2, 0.25) is 0 Å². The molecule has 3 amide bonds. The lowest BCUT2D eigenvalue weighted by Crippen LogP contribution is -2.46. The third kappa shape index (κ3) is 7.74. The summed E-state index contributed by atoms with van der Waals surface area (Å²) in [6.45, 7) is -0.326. The number of benzene rings is 2. The van der Waals surface area contributed by atoms with Crippen LogP contribution in [0.25, 0.3) is 11.3 Å². The Labute approximate surface area is 214 Å². The molecule has 0 spiro atoms. The molecule has 1 aromatic heterocycles. The molecule has 1 atom stereocenters. The number of anilines is 1. The summed E-state index contributed by atoms with van der Waals surface area (Å²) in [5, 5.41) is 18.7. The first-order valence-electron chi connectivity index (χ1n) is 11.9. The maximum absolute atomic E-state index is 13.9. The van der Waals surface area contributed by atoms with Gasteiger partial charge < -0.3 is 20.1 Å². The third-order valence-corrected chi connectivity index (χ3v) is 5.86. The molecular formula is C26H31F2N5O4. The van der Waals surface area contributed by atoms with Gasteiger partial charge in [-0.2, -0.15) is 5.10 Å². The molecule has 9 nitrogen and oxygen atoms in total. The molecular weight excluding hydrogens is 484 g/mol. The average molecular weight is 516 g/mol. The van der Waals surface area contributed by atoms with Crippen LogP contribution in [0.5, 0.6) is 0 Å². The summed E-state index contributed by atoms with van der Waals surface area (Å²) in [5.41, 5.74) is 1.60. The summed E-state index contributed by atoms with van der Waals surface area (Å²) in [4.78, 5) is 26.5. The van der Waals surface area contributed by atoms with Crippen molar-refractivity contribution in [3.8, 4) is 11.3 Å². The Morgan fingerprint density at radius 2 is 1.89 bits per heavy atom. The first-order valence-corrected chi connectivity index (χ1v) is 11.9. The number of rotatable bonds is 11. The number of aromatic nitrogens is 2. The van der Waals surface area contributed by atoms with Crippen molar-refractivity contribution in [1.29, 1.82) is 0 Å². The predicted molar refractivity (Wildman–Crippen MR) is 135 cm³/mol. The van der Waals surface area contributed by atoms with E-state index >= 15 is 0 Å². The van der Waals surface area contributed by atoms with Gasteiger partial charge in [-0.05, 0) is 25.3 Å². The van der Waals surface area contributed by atoms with Gasteiger partial charge in [-0.3, -0.25) is 10.00 Å². The first-order chi connectivity index (χ1) is 17.8. The average Bonchev–Trinajstić information content (AvgIpc) is 3.26. The molecule has 198 valence electrons. The second-order valence-corrected chi connectivity index (χ2v) is 8.48. The van der Waals surface area contributed by atoms with Gasteiger partial charge >= 0.3 is 12.1 Å². The Morgan fingerprint density at radius 1 is 1.14 bits per heavy atom. The summed E-state index contributed by atoms with van der Waals surface area (Å²) in [5.74, 6) is -1.58. The van der Waals surface area contributed by atoms with E-state index in [2.05, 4.69) is 15.7 Å². The van der Waals surface area contributed by atoms with E-state index < -0.39 is 29.8 Å². The molecule has 11 heteroatoms. The molecule has 0 aliphatic heterocycles. The minimum atomic E-state index is -1.02. The van der Waals surface area contributed by atoms with Gasteiger partial charge in [-0.25, -0.2) is 18.4 Å². The fourth-order valence-corrected chi connectivity index (χ4v) is 3.67. The maximum Gasteiger partial charge on any atom is 0.412 e. The van der Waals surface area contributed by atoms with E-state index in [1.165, 1.54) is 28.8 Å². The highest BCUT2D eigenvalue weighted by Crippen LogP contribution is 2.21. The Balaban J connectivity index is 1.58. The minimum absolute atomic E-state index is 0.00689. The number of unbranched alkanes of at least 4 members (excludes halogenated alkanes) is 1. The molecule has 0 saturated carbocycles. The number of aliphatic hydroxyl groups is 1. The normalized spacial score (nSPS) is 11.6. The molecule has 3 aromatic rings. The van der Waals surface area contributed by atoms with Gasteiger partial charge in [-0.1, -0.05) is 42.5 Å². The van der Waals surface area contributed by atoms with Gasteiger partial charge in [0, 0.05) is 44.4 Å². The molecule has 3 N–H and O–H groups in total. The van der Waals surface area contributed by atoms with Crippen LogP contribution in [0.1, 0.15) is 24.8 Å². The fourth-order valence-electron chi connectivity index (χ4n) is 3.67. The Hall–Kier alpha value is -3.99. The van der Waals surface area contributed by atoms with Gasteiger partial charge in [0.05, 0.1) is 11.7 Å². The lowest BCUT2D eigenvalue weighted by molar-refractivity contribution is 0.112. The summed E-state index contributed by atoms with van der Waals surface area (Å²) in [6.07, 6.45) is 0.843. The highest BCUT2D eigenvalue weighted by molar-refractivity contribution is 5.84. The van der Waals surface area contributed by atoms with Crippen molar-refractivity contribution in [2.24, 2.45) is 7.05 Å². The number of aryl methyl sites for hydroxylation is 1. The number of hydrogen-bond donors (Lipinski definition) is 3. The Kier molecular flexibility index (Phi) is 9.96. The van der Waals surface area contributed by atoms with Crippen molar-refractivity contribution in [2.45, 2.75) is 31.8 Å². The SMILES string of the molecule is CN(C(=O)NCc1cccc(F)c1F)[C@@H](CCCCO)COC(=O)Nc1cc(-c2ccccc2)nn1C. The number of halogens is 2. The van der Waals surface area contributed by atoms with Crippen LogP contribution >= 0.6 is 0 Å². The number of amides is 3. The smallest absolute Gasteiger partial charge is 0.412 e. The summed E-state index contributed by atoms with van der Waals surface area (Å²) in [7, 11) is 3.22. The second kappa shape index (κ2) is 13.4. The summed E-state index contributed by atoms with van der Waals surface area (Å²) >= 11 is 0. The number of nitrogens with zero attached hydrogens (tertiary/aromatic N) is 3. The molecule has 0 saturated heterocycles.